The molecule has 2 aliphatic rings. The van der Waals surface area contributed by atoms with Crippen LogP contribution in [0.1, 0.15) is 12.5 Å². The van der Waals surface area contributed by atoms with Gasteiger partial charge >= 0.3 is 5.69 Å². The van der Waals surface area contributed by atoms with Crippen LogP contribution in [0.25, 0.3) is 11.2 Å². The summed E-state index contributed by atoms with van der Waals surface area (Å²) in [6.45, 7) is 0.328. The van der Waals surface area contributed by atoms with Crippen molar-refractivity contribution in [2.24, 2.45) is 5.92 Å². The maximum atomic E-state index is 12.0. The zero-order valence-corrected chi connectivity index (χ0v) is 9.72. The first-order chi connectivity index (χ1) is 9.08. The van der Waals surface area contributed by atoms with E-state index in [2.05, 4.69) is 15.3 Å². The van der Waals surface area contributed by atoms with Crippen LogP contribution in [0.4, 0.5) is 0 Å². The molecule has 2 bridgehead atoms. The fourth-order valence-electron chi connectivity index (χ4n) is 3.20. The molecule has 1 aliphatic heterocycles. The molecule has 2 aromatic heterocycles. The molecule has 9 heteroatoms. The second-order valence-electron chi connectivity index (χ2n) is 5.12. The lowest BCUT2D eigenvalue weighted by Gasteiger charge is -2.21. The lowest BCUT2D eigenvalue weighted by atomic mass is 10.1. The van der Waals surface area contributed by atoms with Crippen molar-refractivity contribution in [2.45, 2.75) is 31.2 Å². The predicted octanol–water partition coefficient (Wildman–Crippen LogP) is -2.42. The number of aliphatic hydroxyl groups excluding tert-OH is 2. The average molecular weight is 265 g/mol. The van der Waals surface area contributed by atoms with E-state index in [1.807, 2.05) is 0 Å². The number of aliphatic hydroxyl groups is 2. The van der Waals surface area contributed by atoms with Crippen molar-refractivity contribution in [3.8, 4) is 0 Å². The van der Waals surface area contributed by atoms with E-state index >= 15 is 0 Å². The predicted molar refractivity (Wildman–Crippen MR) is 61.6 cm³/mol. The molecule has 1 fully saturated rings. The normalized spacial score (nSPS) is 32.7. The number of fused-ring (bicyclic) bond motifs is 3. The van der Waals surface area contributed by atoms with E-state index in [-0.39, 0.29) is 11.4 Å². The number of aromatic nitrogens is 5. The van der Waals surface area contributed by atoms with Crippen LogP contribution < -0.4 is 11.2 Å². The summed E-state index contributed by atoms with van der Waals surface area (Å²) in [5.74, 6) is -0.209. The average Bonchev–Trinajstić information content (AvgIpc) is 2.82. The highest BCUT2D eigenvalue weighted by Gasteiger charge is 2.46. The van der Waals surface area contributed by atoms with Crippen LogP contribution in [0.2, 0.25) is 0 Å². The number of hydrogen-bond donors (Lipinski definition) is 3. The highest BCUT2D eigenvalue weighted by molar-refractivity contribution is 5.69. The highest BCUT2D eigenvalue weighted by Crippen LogP contribution is 2.38. The van der Waals surface area contributed by atoms with Crippen LogP contribution >= 0.6 is 0 Å². The molecule has 100 valence electrons. The van der Waals surface area contributed by atoms with Gasteiger partial charge in [0.2, 0.25) is 0 Å². The molecule has 1 saturated carbocycles. The monoisotopic (exact) mass is 265 g/mol. The SMILES string of the molecule is O=c1[nH]c(=O)n2c3c1nnn3C[C@H]1C[C@@H]2C(O)[C@H]1O. The van der Waals surface area contributed by atoms with Gasteiger partial charge < -0.3 is 10.2 Å². The summed E-state index contributed by atoms with van der Waals surface area (Å²) in [7, 11) is 0. The Morgan fingerprint density at radius 3 is 2.84 bits per heavy atom. The van der Waals surface area contributed by atoms with Gasteiger partial charge in [0, 0.05) is 5.92 Å². The van der Waals surface area contributed by atoms with Crippen LogP contribution in [-0.2, 0) is 6.54 Å². The number of rotatable bonds is 0. The largest absolute Gasteiger partial charge is 0.390 e. The summed E-state index contributed by atoms with van der Waals surface area (Å²) in [6, 6.07) is -0.563. The van der Waals surface area contributed by atoms with E-state index in [1.165, 1.54) is 9.25 Å². The number of hydrogen-bond acceptors (Lipinski definition) is 6. The van der Waals surface area contributed by atoms with E-state index in [1.54, 1.807) is 0 Å². The Bertz CT molecular complexity index is 789. The first-order valence-corrected chi connectivity index (χ1v) is 6.02. The zero-order chi connectivity index (χ0) is 13.3. The molecule has 0 amide bonds. The van der Waals surface area contributed by atoms with Gasteiger partial charge in [0.05, 0.1) is 18.7 Å². The third-order valence-corrected chi connectivity index (χ3v) is 4.10. The molecule has 1 unspecified atom stereocenters. The molecule has 3 N–H and O–H groups in total. The summed E-state index contributed by atoms with van der Waals surface area (Å²) < 4.78 is 2.74. The minimum absolute atomic E-state index is 0.0776. The summed E-state index contributed by atoms with van der Waals surface area (Å²) in [4.78, 5) is 25.8. The van der Waals surface area contributed by atoms with Crippen molar-refractivity contribution in [1.82, 2.24) is 24.5 Å². The van der Waals surface area contributed by atoms with Gasteiger partial charge in [-0.1, -0.05) is 5.21 Å². The van der Waals surface area contributed by atoms with Gasteiger partial charge in [0.15, 0.2) is 11.2 Å². The van der Waals surface area contributed by atoms with Gasteiger partial charge in [-0.3, -0.25) is 14.3 Å². The Morgan fingerprint density at radius 1 is 1.26 bits per heavy atom. The molecule has 2 aromatic rings. The standard InChI is InChI=1S/C10H11N5O4/c16-6-3-1-4(7(6)17)15-9-5(8(18)11-10(15)19)12-13-14(9)2-3/h3-4,6-7,16-17H,1-2H2,(H,11,18,19)/t3-,4-,6+,7?/m1/s1. The van der Waals surface area contributed by atoms with E-state index in [0.29, 0.717) is 18.6 Å². The Morgan fingerprint density at radius 2 is 2.05 bits per heavy atom. The quantitative estimate of drug-likeness (QED) is 0.486. The van der Waals surface area contributed by atoms with Gasteiger partial charge in [-0.15, -0.1) is 5.10 Å². The number of aromatic amines is 1. The molecule has 0 radical (unpaired) electrons. The van der Waals surface area contributed by atoms with Crippen molar-refractivity contribution in [3.05, 3.63) is 20.8 Å². The number of nitrogens with zero attached hydrogens (tertiary/aromatic N) is 4. The van der Waals surface area contributed by atoms with Gasteiger partial charge in [-0.25, -0.2) is 9.48 Å². The van der Waals surface area contributed by atoms with E-state index < -0.39 is 29.5 Å². The maximum Gasteiger partial charge on any atom is 0.330 e. The number of H-pyrrole nitrogens is 1. The Balaban J connectivity index is 2.14. The van der Waals surface area contributed by atoms with Crippen molar-refractivity contribution in [1.29, 1.82) is 0 Å². The Labute approximate surface area is 105 Å². The van der Waals surface area contributed by atoms with Gasteiger partial charge in [-0.05, 0) is 6.42 Å². The minimum atomic E-state index is -1.03. The minimum Gasteiger partial charge on any atom is -0.390 e. The summed E-state index contributed by atoms with van der Waals surface area (Å²) in [5, 5.41) is 27.6. The van der Waals surface area contributed by atoms with Crippen molar-refractivity contribution < 1.29 is 10.2 Å². The van der Waals surface area contributed by atoms with Crippen LogP contribution in [-0.4, -0.2) is 47.0 Å². The molecule has 9 nitrogen and oxygen atoms in total. The van der Waals surface area contributed by atoms with Crippen LogP contribution in [0.3, 0.4) is 0 Å². The lowest BCUT2D eigenvalue weighted by Crippen LogP contribution is -2.39. The summed E-state index contributed by atoms with van der Waals surface area (Å²) in [6.07, 6.45) is -1.47. The molecule has 3 heterocycles. The first-order valence-electron chi connectivity index (χ1n) is 6.02. The molecule has 0 spiro atoms. The third-order valence-electron chi connectivity index (χ3n) is 4.10. The zero-order valence-electron chi connectivity index (χ0n) is 9.72. The fourth-order valence-corrected chi connectivity index (χ4v) is 3.20. The van der Waals surface area contributed by atoms with Crippen molar-refractivity contribution in [3.63, 3.8) is 0 Å². The highest BCUT2D eigenvalue weighted by atomic mass is 16.3. The smallest absolute Gasteiger partial charge is 0.330 e. The fraction of sp³-hybridized carbons (Fsp3) is 0.600. The molecule has 4 rings (SSSR count). The van der Waals surface area contributed by atoms with E-state index in [4.69, 9.17) is 0 Å². The van der Waals surface area contributed by atoms with E-state index in [9.17, 15) is 19.8 Å². The Hall–Kier alpha value is -2.00. The maximum absolute atomic E-state index is 12.0. The van der Waals surface area contributed by atoms with Crippen LogP contribution in [0, 0.1) is 5.92 Å². The summed E-state index contributed by atoms with van der Waals surface area (Å²) in [5.41, 5.74) is -0.809. The molecule has 19 heavy (non-hydrogen) atoms. The lowest BCUT2D eigenvalue weighted by molar-refractivity contribution is 0.000341. The third kappa shape index (κ3) is 1.21. The van der Waals surface area contributed by atoms with Crippen LogP contribution in [0.15, 0.2) is 9.59 Å². The van der Waals surface area contributed by atoms with Crippen LogP contribution in [0.5, 0.6) is 0 Å². The van der Waals surface area contributed by atoms with Gasteiger partial charge in [-0.2, -0.15) is 0 Å². The first kappa shape index (κ1) is 10.9. The Kier molecular flexibility index (Phi) is 1.89. The summed E-state index contributed by atoms with van der Waals surface area (Å²) >= 11 is 0. The molecule has 0 saturated heterocycles. The van der Waals surface area contributed by atoms with Crippen molar-refractivity contribution in [2.75, 3.05) is 0 Å². The van der Waals surface area contributed by atoms with Crippen molar-refractivity contribution >= 4 is 11.2 Å². The second-order valence-corrected chi connectivity index (χ2v) is 5.12. The molecular formula is C10H11N5O4. The van der Waals surface area contributed by atoms with Gasteiger partial charge in [0.25, 0.3) is 5.56 Å². The van der Waals surface area contributed by atoms with E-state index in [0.717, 1.165) is 0 Å². The molecule has 1 aliphatic carbocycles. The second kappa shape index (κ2) is 3.31. The molecule has 4 atom stereocenters. The molecular weight excluding hydrogens is 254 g/mol. The topological polar surface area (TPSA) is 126 Å². The van der Waals surface area contributed by atoms with Gasteiger partial charge in [0.1, 0.15) is 6.10 Å². The number of nitrogens with one attached hydrogen (secondary N) is 1. The molecule has 0 aromatic carbocycles.